The van der Waals surface area contributed by atoms with E-state index in [1.165, 1.54) is 11.6 Å². The smallest absolute Gasteiger partial charge is 0.337 e. The van der Waals surface area contributed by atoms with Crippen molar-refractivity contribution in [3.8, 4) is 0 Å². The highest BCUT2D eigenvalue weighted by molar-refractivity contribution is 5.83. The fourth-order valence-electron chi connectivity index (χ4n) is 4.64. The highest BCUT2D eigenvalue weighted by Gasteiger charge is 2.41. The summed E-state index contributed by atoms with van der Waals surface area (Å²) in [7, 11) is 0. The predicted octanol–water partition coefficient (Wildman–Crippen LogP) is 4.64. The first-order valence-corrected chi connectivity index (χ1v) is 11.1. The first-order valence-electron chi connectivity index (χ1n) is 11.1. The highest BCUT2D eigenvalue weighted by atomic mass is 16.7. The molecule has 0 bridgehead atoms. The van der Waals surface area contributed by atoms with Crippen molar-refractivity contribution in [3.05, 3.63) is 40.9 Å². The van der Waals surface area contributed by atoms with E-state index >= 15 is 0 Å². The lowest BCUT2D eigenvalue weighted by molar-refractivity contribution is -0.208. The van der Waals surface area contributed by atoms with Gasteiger partial charge in [0.2, 0.25) is 5.79 Å². The fourth-order valence-corrected chi connectivity index (χ4v) is 4.64. The summed E-state index contributed by atoms with van der Waals surface area (Å²) < 4.78 is 11.1. The lowest BCUT2D eigenvalue weighted by atomic mass is 9.78. The predicted molar refractivity (Wildman–Crippen MR) is 112 cm³/mol. The number of hydrogen-bond acceptors (Lipinski definition) is 5. The molecule has 5 heteroatoms. The summed E-state index contributed by atoms with van der Waals surface area (Å²) in [5, 5.41) is 11.7. The summed E-state index contributed by atoms with van der Waals surface area (Å²) in [5.41, 5.74) is 2.54. The molecule has 1 saturated carbocycles. The van der Waals surface area contributed by atoms with Gasteiger partial charge in [0, 0.05) is 31.7 Å². The van der Waals surface area contributed by atoms with Gasteiger partial charge in [0.05, 0.1) is 11.7 Å². The first kappa shape index (κ1) is 21.8. The number of cyclic esters (lactones) is 1. The Morgan fingerprint density at radius 2 is 1.76 bits per heavy atom. The number of carbonyl (C=O) groups excluding carboxylic acids is 1. The summed E-state index contributed by atoms with van der Waals surface area (Å²) in [6, 6.07) is 4.32. The van der Waals surface area contributed by atoms with E-state index in [9.17, 15) is 9.90 Å². The van der Waals surface area contributed by atoms with Crippen LogP contribution in [-0.4, -0.2) is 27.4 Å². The monoisotopic (exact) mass is 401 g/mol. The Labute approximate surface area is 174 Å². The molecule has 1 fully saturated rings. The minimum absolute atomic E-state index is 0.228. The molecule has 1 aromatic heterocycles. The van der Waals surface area contributed by atoms with Crippen molar-refractivity contribution in [1.82, 2.24) is 4.98 Å². The quantitative estimate of drug-likeness (QED) is 0.643. The second-order valence-corrected chi connectivity index (χ2v) is 8.96. The number of nitrogens with zero attached hydrogens (tertiary/aromatic N) is 1. The molecule has 0 spiro atoms. The van der Waals surface area contributed by atoms with E-state index in [1.54, 1.807) is 13.8 Å². The van der Waals surface area contributed by atoms with Crippen molar-refractivity contribution in [2.45, 2.75) is 96.9 Å². The minimum Gasteiger partial charge on any atom is -0.457 e. The van der Waals surface area contributed by atoms with E-state index in [1.807, 2.05) is 0 Å². The fraction of sp³-hybridized carbons (Fsp3) is 0.667. The van der Waals surface area contributed by atoms with E-state index in [0.29, 0.717) is 18.6 Å². The third-order valence-corrected chi connectivity index (χ3v) is 6.16. The Balaban J connectivity index is 1.79. The maximum Gasteiger partial charge on any atom is 0.337 e. The molecule has 1 aliphatic heterocycles. The Morgan fingerprint density at radius 3 is 2.31 bits per heavy atom. The van der Waals surface area contributed by atoms with Crippen molar-refractivity contribution in [3.63, 3.8) is 0 Å². The molecule has 0 saturated heterocycles. The third-order valence-electron chi connectivity index (χ3n) is 6.16. The SMILES string of the molecule is CCc1cc(CCC(O)(CC2=CC(=O)OC(C)(C)O2)C2CCCC2)cc(CC)n1. The summed E-state index contributed by atoms with van der Waals surface area (Å²) in [5.74, 6) is -0.640. The van der Waals surface area contributed by atoms with Gasteiger partial charge in [-0.3, -0.25) is 4.98 Å². The van der Waals surface area contributed by atoms with Crippen LogP contribution in [0.3, 0.4) is 0 Å². The van der Waals surface area contributed by atoms with E-state index in [4.69, 9.17) is 9.47 Å². The molecule has 1 atom stereocenters. The Bertz CT molecular complexity index is 742. The molecule has 0 amide bonds. The largest absolute Gasteiger partial charge is 0.457 e. The number of esters is 1. The van der Waals surface area contributed by atoms with E-state index < -0.39 is 17.4 Å². The molecule has 1 unspecified atom stereocenters. The first-order chi connectivity index (χ1) is 13.7. The summed E-state index contributed by atoms with van der Waals surface area (Å²) in [6.07, 6.45) is 9.33. The molecule has 29 heavy (non-hydrogen) atoms. The number of ether oxygens (including phenoxy) is 2. The average molecular weight is 402 g/mol. The Kier molecular flexibility index (Phi) is 6.67. The van der Waals surface area contributed by atoms with Crippen molar-refractivity contribution in [1.29, 1.82) is 0 Å². The van der Waals surface area contributed by atoms with Gasteiger partial charge >= 0.3 is 5.97 Å². The van der Waals surface area contributed by atoms with Crippen LogP contribution in [-0.2, 0) is 33.5 Å². The van der Waals surface area contributed by atoms with Crippen LogP contribution in [0, 0.1) is 5.92 Å². The van der Waals surface area contributed by atoms with Crippen LogP contribution < -0.4 is 0 Å². The standard InChI is InChI=1S/C24H35NO4/c1-5-19-13-17(14-20(6-2)25-19)11-12-24(27,18-9-7-8-10-18)16-21-15-22(26)29-23(3,4)28-21/h13-15,18,27H,5-12,16H2,1-4H3. The van der Waals surface area contributed by atoms with Gasteiger partial charge in [-0.15, -0.1) is 0 Å². The number of hydrogen-bond donors (Lipinski definition) is 1. The molecule has 1 aliphatic carbocycles. The highest BCUT2D eigenvalue weighted by Crippen LogP contribution is 2.42. The van der Waals surface area contributed by atoms with Gasteiger partial charge in [0.25, 0.3) is 0 Å². The second-order valence-electron chi connectivity index (χ2n) is 8.96. The van der Waals surface area contributed by atoms with E-state index in [2.05, 4.69) is 31.0 Å². The number of carbonyl (C=O) groups is 1. The zero-order valence-electron chi connectivity index (χ0n) is 18.3. The molecule has 160 valence electrons. The van der Waals surface area contributed by atoms with Crippen LogP contribution in [0.5, 0.6) is 0 Å². The van der Waals surface area contributed by atoms with Crippen molar-refractivity contribution < 1.29 is 19.4 Å². The topological polar surface area (TPSA) is 68.7 Å². The van der Waals surface area contributed by atoms with Gasteiger partial charge in [0.15, 0.2) is 0 Å². The number of aromatic nitrogens is 1. The van der Waals surface area contributed by atoms with Gasteiger partial charge in [-0.05, 0) is 62.1 Å². The van der Waals surface area contributed by atoms with Crippen molar-refractivity contribution >= 4 is 5.97 Å². The zero-order chi connectivity index (χ0) is 21.1. The van der Waals surface area contributed by atoms with Gasteiger partial charge < -0.3 is 14.6 Å². The molecule has 2 aliphatic rings. The van der Waals surface area contributed by atoms with Gasteiger partial charge in [-0.2, -0.15) is 0 Å². The van der Waals surface area contributed by atoms with E-state index in [-0.39, 0.29) is 5.92 Å². The summed E-state index contributed by atoms with van der Waals surface area (Å²) in [6.45, 7) is 7.69. The van der Waals surface area contributed by atoms with Crippen molar-refractivity contribution in [2.24, 2.45) is 5.92 Å². The Morgan fingerprint density at radius 1 is 1.14 bits per heavy atom. The van der Waals surface area contributed by atoms with Crippen LogP contribution in [0.25, 0.3) is 0 Å². The normalized spacial score (nSPS) is 21.3. The minimum atomic E-state index is -0.991. The maximum absolute atomic E-state index is 11.9. The van der Waals surface area contributed by atoms with Crippen LogP contribution in [0.1, 0.15) is 83.2 Å². The maximum atomic E-state index is 11.9. The van der Waals surface area contributed by atoms with Gasteiger partial charge in [-0.1, -0.05) is 26.7 Å². The molecular formula is C24H35NO4. The number of pyridine rings is 1. The molecular weight excluding hydrogens is 366 g/mol. The van der Waals surface area contributed by atoms with Gasteiger partial charge in [-0.25, -0.2) is 4.79 Å². The molecule has 5 nitrogen and oxygen atoms in total. The molecule has 2 heterocycles. The van der Waals surface area contributed by atoms with Crippen LogP contribution in [0.15, 0.2) is 24.0 Å². The Hall–Kier alpha value is -1.88. The lowest BCUT2D eigenvalue weighted by Gasteiger charge is -2.38. The van der Waals surface area contributed by atoms with Gasteiger partial charge in [0.1, 0.15) is 5.76 Å². The molecule has 0 radical (unpaired) electrons. The molecule has 3 rings (SSSR count). The zero-order valence-corrected chi connectivity index (χ0v) is 18.3. The number of aliphatic hydroxyl groups is 1. The van der Waals surface area contributed by atoms with E-state index in [0.717, 1.165) is 56.3 Å². The second kappa shape index (κ2) is 8.86. The average Bonchev–Trinajstić information content (AvgIpc) is 3.20. The number of rotatable bonds is 8. The number of aryl methyl sites for hydroxylation is 3. The molecule has 0 aromatic carbocycles. The molecule has 1 N–H and O–H groups in total. The summed E-state index contributed by atoms with van der Waals surface area (Å²) in [4.78, 5) is 16.6. The van der Waals surface area contributed by atoms with Crippen LogP contribution in [0.2, 0.25) is 0 Å². The summed E-state index contributed by atoms with van der Waals surface area (Å²) >= 11 is 0. The van der Waals surface area contributed by atoms with Crippen LogP contribution in [0.4, 0.5) is 0 Å². The van der Waals surface area contributed by atoms with Crippen molar-refractivity contribution in [2.75, 3.05) is 0 Å². The lowest BCUT2D eigenvalue weighted by Crippen LogP contribution is -2.41. The molecule has 1 aromatic rings. The van der Waals surface area contributed by atoms with Crippen LogP contribution >= 0.6 is 0 Å². The third kappa shape index (κ3) is 5.59.